The highest BCUT2D eigenvalue weighted by molar-refractivity contribution is 7.90. The van der Waals surface area contributed by atoms with Gasteiger partial charge >= 0.3 is 0 Å². The molecule has 1 saturated heterocycles. The number of nitrogens with zero attached hydrogens (tertiary/aromatic N) is 3. The number of rotatable bonds is 4. The molecule has 0 atom stereocenters. The van der Waals surface area contributed by atoms with Gasteiger partial charge in [-0.3, -0.25) is 9.59 Å². The zero-order valence-corrected chi connectivity index (χ0v) is 20.0. The van der Waals surface area contributed by atoms with Crippen LogP contribution in [-0.2, 0) is 16.6 Å². The molecule has 1 fully saturated rings. The highest BCUT2D eigenvalue weighted by Crippen LogP contribution is 2.38. The normalized spacial score (nSPS) is 16.7. The summed E-state index contributed by atoms with van der Waals surface area (Å²) in [4.78, 5) is 28.2. The molecule has 0 saturated carbocycles. The second-order valence-corrected chi connectivity index (χ2v) is 10.2. The van der Waals surface area contributed by atoms with Gasteiger partial charge in [0.15, 0.2) is 0 Å². The van der Waals surface area contributed by atoms with E-state index in [0.29, 0.717) is 30.1 Å². The first-order chi connectivity index (χ1) is 15.7. The summed E-state index contributed by atoms with van der Waals surface area (Å²) in [6.07, 6.45) is 3.42. The van der Waals surface area contributed by atoms with Gasteiger partial charge in [-0.1, -0.05) is 30.2 Å². The molecule has 0 aliphatic carbocycles. The molecule has 0 spiro atoms. The Hall–Kier alpha value is -2.91. The van der Waals surface area contributed by atoms with Crippen molar-refractivity contribution in [3.63, 3.8) is 0 Å². The Labute approximate surface area is 198 Å². The van der Waals surface area contributed by atoms with Gasteiger partial charge in [0.1, 0.15) is 10.7 Å². The number of sulfonamides is 1. The molecule has 1 N–H and O–H groups in total. The minimum atomic E-state index is -3.92. The summed E-state index contributed by atoms with van der Waals surface area (Å²) in [6, 6.07) is 9.80. The molecule has 0 radical (unpaired) electrons. The van der Waals surface area contributed by atoms with E-state index in [1.165, 1.54) is 11.0 Å². The molecule has 8 nitrogen and oxygen atoms in total. The number of hydrogen-bond donors (Lipinski definition) is 1. The van der Waals surface area contributed by atoms with Crippen LogP contribution in [-0.4, -0.2) is 51.6 Å². The van der Waals surface area contributed by atoms with Crippen LogP contribution >= 0.6 is 11.6 Å². The smallest absolute Gasteiger partial charge is 0.286 e. The average Bonchev–Trinajstić information content (AvgIpc) is 3.03. The Morgan fingerprint density at radius 2 is 1.88 bits per heavy atom. The van der Waals surface area contributed by atoms with Gasteiger partial charge in [0.25, 0.3) is 21.8 Å². The highest BCUT2D eigenvalue weighted by Gasteiger charge is 2.33. The second kappa shape index (κ2) is 9.15. The van der Waals surface area contributed by atoms with Gasteiger partial charge in [-0.25, -0.2) is 0 Å². The van der Waals surface area contributed by atoms with Gasteiger partial charge in [0.05, 0.1) is 16.3 Å². The molecule has 33 heavy (non-hydrogen) atoms. The van der Waals surface area contributed by atoms with Crippen LogP contribution in [0.25, 0.3) is 0 Å². The number of nitrogens with one attached hydrogen (secondary N) is 1. The van der Waals surface area contributed by atoms with Crippen LogP contribution in [0.2, 0.25) is 5.02 Å². The van der Waals surface area contributed by atoms with E-state index >= 15 is 0 Å². The Morgan fingerprint density at radius 1 is 1.15 bits per heavy atom. The first-order valence-corrected chi connectivity index (χ1v) is 12.5. The summed E-state index contributed by atoms with van der Waals surface area (Å²) in [5.41, 5.74) is 1.93. The molecule has 0 aromatic heterocycles. The van der Waals surface area contributed by atoms with Crippen LogP contribution in [0.15, 0.2) is 45.7 Å². The summed E-state index contributed by atoms with van der Waals surface area (Å²) in [7, 11) is -0.747. The molecular formula is C23H25ClN4O4S. The van der Waals surface area contributed by atoms with Crippen molar-refractivity contribution < 1.29 is 18.0 Å². The van der Waals surface area contributed by atoms with Crippen LogP contribution in [0.1, 0.15) is 52.0 Å². The number of carbonyl (C=O) groups excluding carboxylic acids is 2. The van der Waals surface area contributed by atoms with Gasteiger partial charge in [-0.2, -0.15) is 8.42 Å². The van der Waals surface area contributed by atoms with E-state index < -0.39 is 15.9 Å². The number of anilines is 1. The second-order valence-electron chi connectivity index (χ2n) is 8.18. The van der Waals surface area contributed by atoms with Crippen molar-refractivity contribution in [2.75, 3.05) is 25.5 Å². The Morgan fingerprint density at radius 3 is 2.58 bits per heavy atom. The number of amides is 2. The predicted octanol–water partition coefficient (Wildman–Crippen LogP) is 3.45. The lowest BCUT2D eigenvalue weighted by Gasteiger charge is -2.30. The lowest BCUT2D eigenvalue weighted by molar-refractivity contribution is 0.0784. The van der Waals surface area contributed by atoms with E-state index in [9.17, 15) is 18.0 Å². The summed E-state index contributed by atoms with van der Waals surface area (Å²) < 4.78 is 29.8. The number of amidine groups is 1. The Balaban J connectivity index is 1.61. The molecule has 2 heterocycles. The van der Waals surface area contributed by atoms with Gasteiger partial charge in [-0.15, -0.1) is 4.40 Å². The number of benzene rings is 2. The number of hydrogen-bond acceptors (Lipinski definition) is 5. The molecular weight excluding hydrogens is 464 g/mol. The third-order valence-electron chi connectivity index (χ3n) is 5.88. The Kier molecular flexibility index (Phi) is 6.45. The van der Waals surface area contributed by atoms with E-state index in [2.05, 4.69) is 9.71 Å². The minimum Gasteiger partial charge on any atom is -0.355 e. The van der Waals surface area contributed by atoms with Gasteiger partial charge < -0.3 is 15.1 Å². The van der Waals surface area contributed by atoms with Crippen molar-refractivity contribution in [3.05, 3.63) is 58.1 Å². The number of carbonyl (C=O) groups is 2. The third-order valence-corrected chi connectivity index (χ3v) is 7.52. The van der Waals surface area contributed by atoms with Crippen LogP contribution in [0.3, 0.4) is 0 Å². The first kappa shape index (κ1) is 23.3. The lowest BCUT2D eigenvalue weighted by Crippen LogP contribution is -2.35. The van der Waals surface area contributed by atoms with Crippen LogP contribution in [0.5, 0.6) is 0 Å². The van der Waals surface area contributed by atoms with Gasteiger partial charge in [0, 0.05) is 39.2 Å². The molecule has 0 bridgehead atoms. The van der Waals surface area contributed by atoms with E-state index in [1.807, 2.05) is 4.90 Å². The zero-order chi connectivity index (χ0) is 23.8. The van der Waals surface area contributed by atoms with E-state index in [1.54, 1.807) is 44.4 Å². The maximum Gasteiger partial charge on any atom is 0.286 e. The first-order valence-electron chi connectivity index (χ1n) is 10.7. The molecule has 2 aromatic carbocycles. The number of halogens is 1. The maximum absolute atomic E-state index is 13.2. The minimum absolute atomic E-state index is 0.00392. The third kappa shape index (κ3) is 4.60. The fourth-order valence-electron chi connectivity index (χ4n) is 4.12. The van der Waals surface area contributed by atoms with Crippen LogP contribution in [0.4, 0.5) is 5.69 Å². The summed E-state index contributed by atoms with van der Waals surface area (Å²) in [5, 5.41) is 2.76. The van der Waals surface area contributed by atoms with Crippen molar-refractivity contribution in [2.45, 2.75) is 37.1 Å². The Bertz CT molecular complexity index is 1240. The van der Waals surface area contributed by atoms with Crippen LogP contribution < -0.4 is 10.2 Å². The summed E-state index contributed by atoms with van der Waals surface area (Å²) in [5.74, 6) is -0.0604. The van der Waals surface area contributed by atoms with Crippen molar-refractivity contribution in [2.24, 2.45) is 4.40 Å². The van der Waals surface area contributed by atoms with Crippen LogP contribution in [0, 0.1) is 0 Å². The molecule has 0 unspecified atom stereocenters. The summed E-state index contributed by atoms with van der Waals surface area (Å²) in [6.45, 7) is 0.929. The topological polar surface area (TPSA) is 99.2 Å². The molecule has 2 amide bonds. The monoisotopic (exact) mass is 488 g/mol. The van der Waals surface area contributed by atoms with Crippen molar-refractivity contribution in [1.29, 1.82) is 0 Å². The molecule has 2 aliphatic rings. The standard InChI is InChI=1S/C23H25ClN4O4S/c1-25-22(29)16-9-7-15(8-10-16)14-27(2)23(30)17-12-20-19(13-18(17)24)28-11-5-3-4-6-21(28)26-33(20,31)32/h7-10,12-13H,3-6,11,14H2,1-2H3,(H,25,29). The molecule has 4 rings (SSSR count). The van der Waals surface area contributed by atoms with Crippen molar-refractivity contribution in [1.82, 2.24) is 10.2 Å². The van der Waals surface area contributed by atoms with E-state index in [4.69, 9.17) is 11.6 Å². The molecule has 174 valence electrons. The maximum atomic E-state index is 13.2. The van der Waals surface area contributed by atoms with E-state index in [-0.39, 0.29) is 27.9 Å². The quantitative estimate of drug-likeness (QED) is 0.710. The fraction of sp³-hybridized carbons (Fsp3) is 0.348. The largest absolute Gasteiger partial charge is 0.355 e. The zero-order valence-electron chi connectivity index (χ0n) is 18.5. The van der Waals surface area contributed by atoms with Gasteiger partial charge in [-0.05, 0) is 42.7 Å². The van der Waals surface area contributed by atoms with E-state index in [0.717, 1.165) is 24.8 Å². The highest BCUT2D eigenvalue weighted by atomic mass is 35.5. The molecule has 10 heteroatoms. The van der Waals surface area contributed by atoms with Crippen molar-refractivity contribution >= 4 is 45.0 Å². The number of fused-ring (bicyclic) bond motifs is 3. The average molecular weight is 489 g/mol. The van der Waals surface area contributed by atoms with Crippen molar-refractivity contribution in [3.8, 4) is 0 Å². The van der Waals surface area contributed by atoms with Gasteiger partial charge in [0.2, 0.25) is 0 Å². The lowest BCUT2D eigenvalue weighted by atomic mass is 10.1. The summed E-state index contributed by atoms with van der Waals surface area (Å²) >= 11 is 6.49. The molecule has 2 aromatic rings. The fourth-order valence-corrected chi connectivity index (χ4v) is 5.62. The SMILES string of the molecule is CNC(=O)c1ccc(CN(C)C(=O)c2cc3c(cc2Cl)N2CCCCCC2=NS3(=O)=O)cc1. The predicted molar refractivity (Wildman–Crippen MR) is 128 cm³/mol. The molecule has 2 aliphatic heterocycles.